The van der Waals surface area contributed by atoms with Crippen molar-refractivity contribution in [1.82, 2.24) is 4.98 Å². The Morgan fingerprint density at radius 2 is 2.20 bits per heavy atom. The molecule has 0 unspecified atom stereocenters. The molecule has 2 aromatic rings. The maximum atomic E-state index is 4.27. The molecule has 2 rings (SSSR count). The third-order valence-electron chi connectivity index (χ3n) is 2.02. The molecule has 0 aliphatic heterocycles. The van der Waals surface area contributed by atoms with E-state index in [1.54, 1.807) is 11.3 Å². The van der Waals surface area contributed by atoms with Crippen LogP contribution < -0.4 is 5.32 Å². The summed E-state index contributed by atoms with van der Waals surface area (Å²) < 4.78 is 0. The van der Waals surface area contributed by atoms with Crippen LogP contribution in [0.25, 0.3) is 0 Å². The van der Waals surface area contributed by atoms with E-state index in [0.29, 0.717) is 0 Å². The topological polar surface area (TPSA) is 24.9 Å². The minimum Gasteiger partial charge on any atom is -0.365 e. The average Bonchev–Trinajstić information content (AvgIpc) is 2.69. The van der Waals surface area contributed by atoms with Gasteiger partial charge >= 0.3 is 0 Å². The van der Waals surface area contributed by atoms with Crippen molar-refractivity contribution in [3.05, 3.63) is 46.3 Å². The summed E-state index contributed by atoms with van der Waals surface area (Å²) in [7, 11) is 0. The molecule has 0 atom stereocenters. The van der Waals surface area contributed by atoms with E-state index in [0.717, 1.165) is 12.4 Å². The van der Waals surface area contributed by atoms with Gasteiger partial charge < -0.3 is 5.32 Å². The lowest BCUT2D eigenvalue weighted by atomic mass is 10.3. The number of rotatable bonds is 3. The number of halogens is 1. The van der Waals surface area contributed by atoms with Gasteiger partial charge in [-0.25, -0.2) is 4.98 Å². The van der Waals surface area contributed by atoms with E-state index in [-0.39, 0.29) is 12.4 Å². The predicted octanol–water partition coefficient (Wildman–Crippen LogP) is 3.49. The Balaban J connectivity index is 0.00000112. The monoisotopic (exact) mass is 240 g/mol. The van der Waals surface area contributed by atoms with E-state index >= 15 is 0 Å². The highest BCUT2D eigenvalue weighted by Gasteiger charge is 1.98. The number of hydrogen-bond acceptors (Lipinski definition) is 3. The van der Waals surface area contributed by atoms with Gasteiger partial charge in [-0.05, 0) is 30.0 Å². The van der Waals surface area contributed by atoms with Gasteiger partial charge in [0, 0.05) is 11.1 Å². The molecule has 0 fully saturated rings. The molecule has 15 heavy (non-hydrogen) atoms. The van der Waals surface area contributed by atoms with Crippen LogP contribution in [0.4, 0.5) is 5.82 Å². The summed E-state index contributed by atoms with van der Waals surface area (Å²) in [6, 6.07) is 8.19. The van der Waals surface area contributed by atoms with Gasteiger partial charge in [0.05, 0.1) is 6.54 Å². The molecule has 2 aromatic heterocycles. The number of hydrogen-bond donors (Lipinski definition) is 1. The highest BCUT2D eigenvalue weighted by molar-refractivity contribution is 7.09. The molecular weight excluding hydrogens is 228 g/mol. The third-order valence-corrected chi connectivity index (χ3v) is 2.90. The molecule has 0 saturated heterocycles. The molecule has 80 valence electrons. The third kappa shape index (κ3) is 3.22. The van der Waals surface area contributed by atoms with Gasteiger partial charge in [-0.1, -0.05) is 12.1 Å². The Bertz CT molecular complexity index is 401. The van der Waals surface area contributed by atoms with Gasteiger partial charge in [0.1, 0.15) is 5.82 Å². The number of anilines is 1. The van der Waals surface area contributed by atoms with Crippen LogP contribution in [0.3, 0.4) is 0 Å². The molecule has 0 aromatic carbocycles. The normalized spacial score (nSPS) is 9.40. The van der Waals surface area contributed by atoms with Crippen molar-refractivity contribution < 1.29 is 0 Å². The molecule has 0 spiro atoms. The zero-order valence-electron chi connectivity index (χ0n) is 8.43. The Morgan fingerprint density at radius 1 is 1.33 bits per heavy atom. The maximum absolute atomic E-state index is 4.27. The largest absolute Gasteiger partial charge is 0.365 e. The number of nitrogens with one attached hydrogen (secondary N) is 1. The minimum atomic E-state index is 0. The highest BCUT2D eigenvalue weighted by Crippen LogP contribution is 2.13. The molecule has 0 aliphatic rings. The van der Waals surface area contributed by atoms with Gasteiger partial charge in [0.25, 0.3) is 0 Å². The van der Waals surface area contributed by atoms with E-state index < -0.39 is 0 Å². The molecular formula is C11H13ClN2S. The lowest BCUT2D eigenvalue weighted by molar-refractivity contribution is 1.12. The zero-order valence-corrected chi connectivity index (χ0v) is 10.1. The van der Waals surface area contributed by atoms with Crippen LogP contribution in [0.1, 0.15) is 10.4 Å². The van der Waals surface area contributed by atoms with E-state index in [9.17, 15) is 0 Å². The summed E-state index contributed by atoms with van der Waals surface area (Å²) in [4.78, 5) is 5.60. The SMILES string of the molecule is Cc1cccnc1NCc1cccs1.Cl. The molecule has 4 heteroatoms. The van der Waals surface area contributed by atoms with Crippen molar-refractivity contribution in [3.63, 3.8) is 0 Å². The molecule has 0 bridgehead atoms. The van der Waals surface area contributed by atoms with Gasteiger partial charge in [0.2, 0.25) is 0 Å². The number of aryl methyl sites for hydroxylation is 1. The van der Waals surface area contributed by atoms with E-state index in [4.69, 9.17) is 0 Å². The van der Waals surface area contributed by atoms with E-state index in [1.807, 2.05) is 12.3 Å². The smallest absolute Gasteiger partial charge is 0.129 e. The van der Waals surface area contributed by atoms with Crippen molar-refractivity contribution in [2.75, 3.05) is 5.32 Å². The average molecular weight is 241 g/mol. The Hall–Kier alpha value is -1.06. The standard InChI is InChI=1S/C11H12N2S.ClH/c1-9-4-2-6-12-11(9)13-8-10-5-3-7-14-10;/h2-7H,8H2,1H3,(H,12,13);1H. The van der Waals surface area contributed by atoms with E-state index in [2.05, 4.69) is 40.8 Å². The minimum absolute atomic E-state index is 0. The van der Waals surface area contributed by atoms with Crippen LogP contribution in [0, 0.1) is 6.92 Å². The van der Waals surface area contributed by atoms with E-state index in [1.165, 1.54) is 10.4 Å². The second-order valence-electron chi connectivity index (χ2n) is 3.10. The zero-order chi connectivity index (χ0) is 9.80. The fourth-order valence-corrected chi connectivity index (χ4v) is 1.90. The first-order valence-electron chi connectivity index (χ1n) is 4.54. The van der Waals surface area contributed by atoms with Crippen molar-refractivity contribution >= 4 is 29.6 Å². The lowest BCUT2D eigenvalue weighted by Gasteiger charge is -2.05. The van der Waals surface area contributed by atoms with Crippen molar-refractivity contribution in [3.8, 4) is 0 Å². The Kier molecular flexibility index (Phi) is 4.59. The molecule has 1 N–H and O–H groups in total. The van der Waals surface area contributed by atoms with Gasteiger partial charge in [-0.15, -0.1) is 23.7 Å². The molecule has 2 heterocycles. The maximum Gasteiger partial charge on any atom is 0.129 e. The van der Waals surface area contributed by atoms with Crippen molar-refractivity contribution in [2.45, 2.75) is 13.5 Å². The second kappa shape index (κ2) is 5.73. The first-order valence-corrected chi connectivity index (χ1v) is 5.42. The number of thiophene rings is 1. The van der Waals surface area contributed by atoms with Crippen LogP contribution in [-0.4, -0.2) is 4.98 Å². The fourth-order valence-electron chi connectivity index (χ4n) is 1.25. The summed E-state index contributed by atoms with van der Waals surface area (Å²) in [6.45, 7) is 2.92. The van der Waals surface area contributed by atoms with Crippen molar-refractivity contribution in [1.29, 1.82) is 0 Å². The number of aromatic nitrogens is 1. The lowest BCUT2D eigenvalue weighted by Crippen LogP contribution is -2.01. The highest BCUT2D eigenvalue weighted by atomic mass is 35.5. The summed E-state index contributed by atoms with van der Waals surface area (Å²) >= 11 is 1.76. The molecule has 0 amide bonds. The number of pyridine rings is 1. The van der Waals surface area contributed by atoms with Crippen LogP contribution in [0.5, 0.6) is 0 Å². The first-order chi connectivity index (χ1) is 6.86. The molecule has 0 aliphatic carbocycles. The summed E-state index contributed by atoms with van der Waals surface area (Å²) in [5.41, 5.74) is 1.18. The van der Waals surface area contributed by atoms with Gasteiger partial charge in [0.15, 0.2) is 0 Å². The summed E-state index contributed by atoms with van der Waals surface area (Å²) in [6.07, 6.45) is 1.81. The van der Waals surface area contributed by atoms with Crippen LogP contribution in [0.2, 0.25) is 0 Å². The quantitative estimate of drug-likeness (QED) is 0.889. The van der Waals surface area contributed by atoms with Crippen LogP contribution in [-0.2, 0) is 6.54 Å². The van der Waals surface area contributed by atoms with Gasteiger partial charge in [-0.2, -0.15) is 0 Å². The molecule has 2 nitrogen and oxygen atoms in total. The van der Waals surface area contributed by atoms with Crippen LogP contribution in [0.15, 0.2) is 35.8 Å². The Morgan fingerprint density at radius 3 is 2.87 bits per heavy atom. The summed E-state index contributed by atoms with van der Waals surface area (Å²) in [5.74, 6) is 0.973. The molecule has 0 radical (unpaired) electrons. The first kappa shape index (κ1) is 12.0. The Labute approximate surface area is 99.8 Å². The second-order valence-corrected chi connectivity index (χ2v) is 4.13. The summed E-state index contributed by atoms with van der Waals surface area (Å²) in [5, 5.41) is 5.40. The van der Waals surface area contributed by atoms with Crippen molar-refractivity contribution in [2.24, 2.45) is 0 Å². The van der Waals surface area contributed by atoms with Crippen LogP contribution >= 0.6 is 23.7 Å². The number of nitrogens with zero attached hydrogens (tertiary/aromatic N) is 1. The van der Waals surface area contributed by atoms with Gasteiger partial charge in [-0.3, -0.25) is 0 Å². The predicted molar refractivity (Wildman–Crippen MR) is 67.9 cm³/mol. The fraction of sp³-hybridized carbons (Fsp3) is 0.182. The molecule has 0 saturated carbocycles.